The molecule has 1 aliphatic rings. The van der Waals surface area contributed by atoms with Crippen LogP contribution in [-0.4, -0.2) is 9.97 Å². The normalized spacial score (nSPS) is 18.2. The zero-order chi connectivity index (χ0) is 12.4. The van der Waals surface area contributed by atoms with Crippen LogP contribution in [0, 0.1) is 0 Å². The van der Waals surface area contributed by atoms with Crippen LogP contribution in [0.15, 0.2) is 30.5 Å². The van der Waals surface area contributed by atoms with Crippen molar-refractivity contribution in [2.75, 3.05) is 5.32 Å². The molecule has 0 saturated carbocycles. The van der Waals surface area contributed by atoms with E-state index in [4.69, 9.17) is 0 Å². The maximum atomic E-state index is 4.51. The van der Waals surface area contributed by atoms with Crippen LogP contribution in [0.2, 0.25) is 0 Å². The Hall–Kier alpha value is -1.77. The smallest absolute Gasteiger partial charge is 0.128 e. The largest absolute Gasteiger partial charge is 0.375 e. The second-order valence-corrected chi connectivity index (χ2v) is 4.94. The summed E-state index contributed by atoms with van der Waals surface area (Å²) >= 11 is 0. The summed E-state index contributed by atoms with van der Waals surface area (Å²) in [4.78, 5) is 7.95. The van der Waals surface area contributed by atoms with Crippen molar-refractivity contribution in [1.82, 2.24) is 9.97 Å². The van der Waals surface area contributed by atoms with Gasteiger partial charge in [0.15, 0.2) is 0 Å². The molecule has 1 aliphatic heterocycles. The summed E-state index contributed by atoms with van der Waals surface area (Å²) in [6.07, 6.45) is 6.44. The third kappa shape index (κ3) is 2.13. The van der Waals surface area contributed by atoms with Crippen LogP contribution < -0.4 is 5.32 Å². The molecule has 2 heterocycles. The molecule has 3 nitrogen and oxygen atoms in total. The molecule has 0 aliphatic carbocycles. The predicted molar refractivity (Wildman–Crippen MR) is 73.7 cm³/mol. The fourth-order valence-electron chi connectivity index (χ4n) is 2.59. The first-order chi connectivity index (χ1) is 8.86. The zero-order valence-electron chi connectivity index (χ0n) is 10.7. The molecule has 1 unspecified atom stereocenters. The van der Waals surface area contributed by atoms with Crippen molar-refractivity contribution >= 4 is 5.69 Å². The average molecular weight is 241 g/mol. The monoisotopic (exact) mass is 241 g/mol. The van der Waals surface area contributed by atoms with Gasteiger partial charge in [-0.15, -0.1) is 0 Å². The molecule has 18 heavy (non-hydrogen) atoms. The van der Waals surface area contributed by atoms with Crippen molar-refractivity contribution in [2.24, 2.45) is 0 Å². The van der Waals surface area contributed by atoms with Crippen molar-refractivity contribution in [3.05, 3.63) is 47.5 Å². The van der Waals surface area contributed by atoms with Gasteiger partial charge in [0.25, 0.3) is 0 Å². The number of para-hydroxylation sites is 1. The SMILES string of the molecule is CCCc1cnc(C2CCc3ccccc3N2)[nH]1. The van der Waals surface area contributed by atoms with Crippen LogP contribution in [0.4, 0.5) is 5.69 Å². The van der Waals surface area contributed by atoms with E-state index in [0.29, 0.717) is 6.04 Å². The van der Waals surface area contributed by atoms with E-state index < -0.39 is 0 Å². The van der Waals surface area contributed by atoms with E-state index in [2.05, 4.69) is 46.5 Å². The molecule has 1 atom stereocenters. The summed E-state index contributed by atoms with van der Waals surface area (Å²) in [5.41, 5.74) is 3.91. The molecule has 1 aromatic carbocycles. The third-order valence-corrected chi connectivity index (χ3v) is 3.55. The van der Waals surface area contributed by atoms with Gasteiger partial charge in [0.05, 0.1) is 6.04 Å². The van der Waals surface area contributed by atoms with Gasteiger partial charge in [-0.25, -0.2) is 4.98 Å². The maximum absolute atomic E-state index is 4.51. The van der Waals surface area contributed by atoms with Crippen molar-refractivity contribution < 1.29 is 0 Å². The van der Waals surface area contributed by atoms with Gasteiger partial charge in [-0.05, 0) is 30.9 Å². The van der Waals surface area contributed by atoms with Gasteiger partial charge in [0.1, 0.15) is 5.82 Å². The molecule has 0 saturated heterocycles. The van der Waals surface area contributed by atoms with E-state index in [0.717, 1.165) is 31.5 Å². The lowest BCUT2D eigenvalue weighted by Gasteiger charge is -2.25. The van der Waals surface area contributed by atoms with Gasteiger partial charge in [0.2, 0.25) is 0 Å². The van der Waals surface area contributed by atoms with Gasteiger partial charge < -0.3 is 10.3 Å². The van der Waals surface area contributed by atoms with Gasteiger partial charge in [0, 0.05) is 17.6 Å². The zero-order valence-corrected chi connectivity index (χ0v) is 10.7. The fourth-order valence-corrected chi connectivity index (χ4v) is 2.59. The molecule has 0 amide bonds. The molecule has 3 rings (SSSR count). The highest BCUT2D eigenvalue weighted by molar-refractivity contribution is 5.54. The van der Waals surface area contributed by atoms with Crippen LogP contribution in [0.1, 0.15) is 42.9 Å². The highest BCUT2D eigenvalue weighted by Gasteiger charge is 2.20. The van der Waals surface area contributed by atoms with Gasteiger partial charge in [-0.2, -0.15) is 0 Å². The number of hydrogen-bond donors (Lipinski definition) is 2. The van der Waals surface area contributed by atoms with E-state index in [9.17, 15) is 0 Å². The number of aryl methyl sites for hydroxylation is 2. The topological polar surface area (TPSA) is 40.7 Å². The molecule has 2 N–H and O–H groups in total. The average Bonchev–Trinajstić information content (AvgIpc) is 2.87. The quantitative estimate of drug-likeness (QED) is 0.864. The number of H-pyrrole nitrogens is 1. The van der Waals surface area contributed by atoms with E-state index >= 15 is 0 Å². The molecule has 3 heteroatoms. The summed E-state index contributed by atoms with van der Waals surface area (Å²) in [6, 6.07) is 8.86. The van der Waals surface area contributed by atoms with Crippen LogP contribution in [-0.2, 0) is 12.8 Å². The Morgan fingerprint density at radius 1 is 1.33 bits per heavy atom. The number of anilines is 1. The van der Waals surface area contributed by atoms with Crippen LogP contribution >= 0.6 is 0 Å². The number of aromatic amines is 1. The Bertz CT molecular complexity index is 530. The van der Waals surface area contributed by atoms with E-state index in [-0.39, 0.29) is 0 Å². The summed E-state index contributed by atoms with van der Waals surface area (Å²) in [6.45, 7) is 2.19. The number of nitrogens with one attached hydrogen (secondary N) is 2. The van der Waals surface area contributed by atoms with Crippen LogP contribution in [0.25, 0.3) is 0 Å². The number of aromatic nitrogens is 2. The minimum Gasteiger partial charge on any atom is -0.375 e. The molecular weight excluding hydrogens is 222 g/mol. The highest BCUT2D eigenvalue weighted by atomic mass is 15.0. The van der Waals surface area contributed by atoms with Gasteiger partial charge in [-0.1, -0.05) is 31.5 Å². The number of imidazole rings is 1. The number of hydrogen-bond acceptors (Lipinski definition) is 2. The van der Waals surface area contributed by atoms with Crippen LogP contribution in [0.5, 0.6) is 0 Å². The Kier molecular flexibility index (Phi) is 3.05. The molecule has 94 valence electrons. The Balaban J connectivity index is 1.78. The molecule has 1 aromatic heterocycles. The fraction of sp³-hybridized carbons (Fsp3) is 0.400. The lowest BCUT2D eigenvalue weighted by molar-refractivity contribution is 0.635. The summed E-state index contributed by atoms with van der Waals surface area (Å²) in [5.74, 6) is 1.08. The first-order valence-corrected chi connectivity index (χ1v) is 6.75. The lowest BCUT2D eigenvalue weighted by Crippen LogP contribution is -2.19. The minimum absolute atomic E-state index is 0.325. The molecule has 2 aromatic rings. The first kappa shape index (κ1) is 11.3. The second kappa shape index (κ2) is 4.84. The van der Waals surface area contributed by atoms with Gasteiger partial charge >= 0.3 is 0 Å². The highest BCUT2D eigenvalue weighted by Crippen LogP contribution is 2.31. The Morgan fingerprint density at radius 2 is 2.22 bits per heavy atom. The molecule has 0 radical (unpaired) electrons. The number of benzene rings is 1. The number of nitrogens with zero attached hydrogens (tertiary/aromatic N) is 1. The Labute approximate surface area is 108 Å². The van der Waals surface area contributed by atoms with Crippen molar-refractivity contribution in [3.63, 3.8) is 0 Å². The van der Waals surface area contributed by atoms with Crippen molar-refractivity contribution in [2.45, 2.75) is 38.6 Å². The maximum Gasteiger partial charge on any atom is 0.128 e. The number of fused-ring (bicyclic) bond motifs is 1. The summed E-state index contributed by atoms with van der Waals surface area (Å²) < 4.78 is 0. The predicted octanol–water partition coefficient (Wildman–Crippen LogP) is 3.46. The standard InChI is InChI=1S/C15H19N3/c1-2-5-12-10-16-15(17-12)14-9-8-11-6-3-4-7-13(11)18-14/h3-4,6-7,10,14,18H,2,5,8-9H2,1H3,(H,16,17). The minimum atomic E-state index is 0.325. The Morgan fingerprint density at radius 3 is 3.11 bits per heavy atom. The lowest BCUT2D eigenvalue weighted by atomic mass is 9.98. The van der Waals surface area contributed by atoms with Crippen molar-refractivity contribution in [3.8, 4) is 0 Å². The molecule has 0 fully saturated rings. The first-order valence-electron chi connectivity index (χ1n) is 6.75. The third-order valence-electron chi connectivity index (χ3n) is 3.55. The van der Waals surface area contributed by atoms with E-state index in [1.165, 1.54) is 16.9 Å². The molecular formula is C15H19N3. The van der Waals surface area contributed by atoms with Crippen molar-refractivity contribution in [1.29, 1.82) is 0 Å². The van der Waals surface area contributed by atoms with Gasteiger partial charge in [-0.3, -0.25) is 0 Å². The molecule has 0 spiro atoms. The summed E-state index contributed by atoms with van der Waals surface area (Å²) in [7, 11) is 0. The molecule has 0 bridgehead atoms. The van der Waals surface area contributed by atoms with E-state index in [1.807, 2.05) is 6.20 Å². The number of rotatable bonds is 3. The van der Waals surface area contributed by atoms with Crippen LogP contribution in [0.3, 0.4) is 0 Å². The van der Waals surface area contributed by atoms with E-state index in [1.54, 1.807) is 0 Å². The summed E-state index contributed by atoms with van der Waals surface area (Å²) in [5, 5.41) is 3.57. The second-order valence-electron chi connectivity index (χ2n) is 4.94.